The van der Waals surface area contributed by atoms with Gasteiger partial charge < -0.3 is 5.11 Å². The molecule has 0 aromatic carbocycles. The first kappa shape index (κ1) is 9.65. The second-order valence-electron chi connectivity index (χ2n) is 3.90. The van der Waals surface area contributed by atoms with Gasteiger partial charge in [0.25, 0.3) is 0 Å². The zero-order valence-corrected chi connectivity index (χ0v) is 9.15. The third-order valence-electron chi connectivity index (χ3n) is 3.05. The van der Waals surface area contributed by atoms with Crippen molar-refractivity contribution in [2.45, 2.75) is 38.5 Å². The molecule has 1 aromatic rings. The summed E-state index contributed by atoms with van der Waals surface area (Å²) in [5, 5.41) is 10.0. The van der Waals surface area contributed by atoms with Crippen LogP contribution in [0.4, 0.5) is 0 Å². The summed E-state index contributed by atoms with van der Waals surface area (Å²) >= 11 is 1.53. The average Bonchev–Trinajstić information content (AvgIpc) is 2.28. The lowest BCUT2D eigenvalue weighted by Gasteiger charge is -2.35. The van der Waals surface area contributed by atoms with Crippen molar-refractivity contribution in [3.63, 3.8) is 0 Å². The quantitative estimate of drug-likeness (QED) is 0.816. The van der Waals surface area contributed by atoms with Gasteiger partial charge in [-0.1, -0.05) is 6.42 Å². The van der Waals surface area contributed by atoms with E-state index < -0.39 is 11.4 Å². The largest absolute Gasteiger partial charge is 0.481 e. The molecule has 0 radical (unpaired) electrons. The molecule has 1 aliphatic rings. The van der Waals surface area contributed by atoms with Gasteiger partial charge in [-0.2, -0.15) is 0 Å². The maximum atomic E-state index is 11.2. The van der Waals surface area contributed by atoms with Gasteiger partial charge in [0, 0.05) is 4.88 Å². The minimum atomic E-state index is -0.711. The minimum Gasteiger partial charge on any atom is -0.481 e. The Bertz CT molecular complexity index is 360. The van der Waals surface area contributed by atoms with Crippen LogP contribution in [-0.2, 0) is 10.2 Å². The molecule has 0 spiro atoms. The third-order valence-corrected chi connectivity index (χ3v) is 4.33. The molecule has 14 heavy (non-hydrogen) atoms. The SMILES string of the molecule is Cc1nc(C2(C(=O)O)CCC2)sc1C. The van der Waals surface area contributed by atoms with Crippen molar-refractivity contribution in [1.82, 2.24) is 4.98 Å². The lowest BCUT2D eigenvalue weighted by molar-refractivity contribution is -0.147. The van der Waals surface area contributed by atoms with Crippen LogP contribution in [0.3, 0.4) is 0 Å². The van der Waals surface area contributed by atoms with Crippen molar-refractivity contribution in [1.29, 1.82) is 0 Å². The summed E-state index contributed by atoms with van der Waals surface area (Å²) in [6.45, 7) is 3.92. The fourth-order valence-electron chi connectivity index (χ4n) is 1.73. The van der Waals surface area contributed by atoms with Crippen LogP contribution in [0.1, 0.15) is 34.8 Å². The molecule has 0 aliphatic heterocycles. The molecule has 1 aliphatic carbocycles. The number of thiazole rings is 1. The van der Waals surface area contributed by atoms with Crippen LogP contribution in [0.15, 0.2) is 0 Å². The van der Waals surface area contributed by atoms with Gasteiger partial charge in [0.15, 0.2) is 0 Å². The standard InChI is InChI=1S/C10H13NO2S/c1-6-7(2)14-8(11-6)10(9(12)13)4-3-5-10/h3-5H2,1-2H3,(H,12,13). The molecule has 1 fully saturated rings. The molecule has 0 unspecified atom stereocenters. The summed E-state index contributed by atoms with van der Waals surface area (Å²) in [6.07, 6.45) is 2.49. The summed E-state index contributed by atoms with van der Waals surface area (Å²) in [5.41, 5.74) is 0.321. The number of carboxylic acid groups (broad SMARTS) is 1. The van der Waals surface area contributed by atoms with E-state index in [4.69, 9.17) is 0 Å². The zero-order valence-electron chi connectivity index (χ0n) is 8.33. The Morgan fingerprint density at radius 1 is 1.50 bits per heavy atom. The van der Waals surface area contributed by atoms with Gasteiger partial charge in [-0.3, -0.25) is 4.79 Å². The summed E-state index contributed by atoms with van der Waals surface area (Å²) in [5.74, 6) is -0.711. The van der Waals surface area contributed by atoms with Crippen LogP contribution in [0.25, 0.3) is 0 Å². The first-order valence-corrected chi connectivity index (χ1v) is 5.56. The summed E-state index contributed by atoms with van der Waals surface area (Å²) in [6, 6.07) is 0. The van der Waals surface area contributed by atoms with Crippen molar-refractivity contribution in [2.24, 2.45) is 0 Å². The summed E-state index contributed by atoms with van der Waals surface area (Å²) in [7, 11) is 0. The van der Waals surface area contributed by atoms with Gasteiger partial charge in [0.2, 0.25) is 0 Å². The van der Waals surface area contributed by atoms with E-state index in [2.05, 4.69) is 4.98 Å². The zero-order chi connectivity index (χ0) is 10.3. The molecular weight excluding hydrogens is 198 g/mol. The van der Waals surface area contributed by atoms with Crippen LogP contribution in [-0.4, -0.2) is 16.1 Å². The molecule has 4 heteroatoms. The lowest BCUT2D eigenvalue weighted by Crippen LogP contribution is -2.42. The number of aromatic nitrogens is 1. The Balaban J connectivity index is 2.41. The van der Waals surface area contributed by atoms with Crippen molar-refractivity contribution in [3.05, 3.63) is 15.6 Å². The van der Waals surface area contributed by atoms with Crippen LogP contribution in [0.5, 0.6) is 0 Å². The minimum absolute atomic E-state index is 0.649. The number of aliphatic carboxylic acids is 1. The molecule has 1 aromatic heterocycles. The number of rotatable bonds is 2. The van der Waals surface area contributed by atoms with Gasteiger partial charge in [-0.15, -0.1) is 11.3 Å². The maximum Gasteiger partial charge on any atom is 0.316 e. The van der Waals surface area contributed by atoms with E-state index >= 15 is 0 Å². The molecule has 0 bridgehead atoms. The second-order valence-corrected chi connectivity index (χ2v) is 5.10. The predicted molar refractivity (Wildman–Crippen MR) is 54.8 cm³/mol. The second kappa shape index (κ2) is 3.05. The van der Waals surface area contributed by atoms with Crippen molar-refractivity contribution < 1.29 is 9.90 Å². The molecule has 0 amide bonds. The molecule has 1 N–H and O–H groups in total. The fourth-order valence-corrected chi connectivity index (χ4v) is 2.88. The number of hydrogen-bond donors (Lipinski definition) is 1. The highest BCUT2D eigenvalue weighted by atomic mass is 32.1. The maximum absolute atomic E-state index is 11.2. The molecule has 2 rings (SSSR count). The Labute approximate surface area is 86.8 Å². The average molecular weight is 211 g/mol. The van der Waals surface area contributed by atoms with E-state index in [1.54, 1.807) is 0 Å². The number of carboxylic acids is 1. The van der Waals surface area contributed by atoms with Crippen LogP contribution >= 0.6 is 11.3 Å². The van der Waals surface area contributed by atoms with Gasteiger partial charge in [-0.05, 0) is 26.7 Å². The smallest absolute Gasteiger partial charge is 0.316 e. The van der Waals surface area contributed by atoms with E-state index in [1.807, 2.05) is 13.8 Å². The molecule has 76 valence electrons. The number of nitrogens with zero attached hydrogens (tertiary/aromatic N) is 1. The van der Waals surface area contributed by atoms with Gasteiger partial charge in [0.05, 0.1) is 5.69 Å². The Morgan fingerprint density at radius 2 is 2.14 bits per heavy atom. The molecular formula is C10H13NO2S. The van der Waals surface area contributed by atoms with Crippen LogP contribution in [0.2, 0.25) is 0 Å². The lowest BCUT2D eigenvalue weighted by atomic mass is 9.69. The summed E-state index contributed by atoms with van der Waals surface area (Å²) < 4.78 is 0. The van der Waals surface area contributed by atoms with Gasteiger partial charge >= 0.3 is 5.97 Å². The Kier molecular flexibility index (Phi) is 2.10. The van der Waals surface area contributed by atoms with Crippen LogP contribution in [0, 0.1) is 13.8 Å². The number of aryl methyl sites for hydroxylation is 2. The van der Waals surface area contributed by atoms with Crippen molar-refractivity contribution in [2.75, 3.05) is 0 Å². The van der Waals surface area contributed by atoms with Gasteiger partial charge in [-0.25, -0.2) is 4.98 Å². The first-order chi connectivity index (χ1) is 6.56. The van der Waals surface area contributed by atoms with Crippen molar-refractivity contribution in [3.8, 4) is 0 Å². The molecule has 3 nitrogen and oxygen atoms in total. The molecule has 1 heterocycles. The summed E-state index contributed by atoms with van der Waals surface area (Å²) in [4.78, 5) is 16.7. The highest BCUT2D eigenvalue weighted by molar-refractivity contribution is 7.12. The van der Waals surface area contributed by atoms with E-state index in [9.17, 15) is 9.90 Å². The van der Waals surface area contributed by atoms with E-state index in [1.165, 1.54) is 11.3 Å². The third kappa shape index (κ3) is 1.17. The monoisotopic (exact) mass is 211 g/mol. The number of hydrogen-bond acceptors (Lipinski definition) is 3. The van der Waals surface area contributed by atoms with Gasteiger partial charge in [0.1, 0.15) is 10.4 Å². The van der Waals surface area contributed by atoms with E-state index in [-0.39, 0.29) is 0 Å². The first-order valence-electron chi connectivity index (χ1n) is 4.74. The molecule has 1 saturated carbocycles. The topological polar surface area (TPSA) is 50.2 Å². The van der Waals surface area contributed by atoms with E-state index in [0.717, 1.165) is 34.8 Å². The predicted octanol–water partition coefficient (Wildman–Crippen LogP) is 2.27. The Morgan fingerprint density at radius 3 is 2.43 bits per heavy atom. The number of carbonyl (C=O) groups is 1. The molecule has 0 saturated heterocycles. The normalized spacial score (nSPS) is 19.0. The fraction of sp³-hybridized carbons (Fsp3) is 0.600. The molecule has 0 atom stereocenters. The van der Waals surface area contributed by atoms with Crippen LogP contribution < -0.4 is 0 Å². The Hall–Kier alpha value is -0.900. The van der Waals surface area contributed by atoms with Crippen molar-refractivity contribution >= 4 is 17.3 Å². The van der Waals surface area contributed by atoms with E-state index in [0.29, 0.717) is 0 Å². The highest BCUT2D eigenvalue weighted by Crippen LogP contribution is 2.45. The highest BCUT2D eigenvalue weighted by Gasteiger charge is 2.48.